The molecular formula is C20H31IN4O2S. The fraction of sp³-hybridized carbons (Fsp3) is 0.500. The van der Waals surface area contributed by atoms with Crippen LogP contribution in [0.3, 0.4) is 0 Å². The van der Waals surface area contributed by atoms with Crippen LogP contribution in [0.15, 0.2) is 29.4 Å². The third kappa shape index (κ3) is 7.83. The van der Waals surface area contributed by atoms with E-state index in [-0.39, 0.29) is 24.0 Å². The molecule has 0 saturated heterocycles. The molecule has 0 unspecified atom stereocenters. The maximum Gasteiger partial charge on any atom is 0.191 e. The first-order valence-corrected chi connectivity index (χ1v) is 10.2. The zero-order chi connectivity index (χ0) is 19.5. The van der Waals surface area contributed by atoms with Gasteiger partial charge in [0.2, 0.25) is 0 Å². The molecule has 2 aromatic rings. The van der Waals surface area contributed by atoms with Gasteiger partial charge in [-0.1, -0.05) is 6.92 Å². The van der Waals surface area contributed by atoms with Gasteiger partial charge < -0.3 is 20.1 Å². The number of hydrogen-bond donors (Lipinski definition) is 2. The molecule has 2 N–H and O–H groups in total. The van der Waals surface area contributed by atoms with Gasteiger partial charge in [0.25, 0.3) is 0 Å². The highest BCUT2D eigenvalue weighted by atomic mass is 127. The lowest BCUT2D eigenvalue weighted by molar-refractivity contribution is 0.398. The second-order valence-electron chi connectivity index (χ2n) is 5.94. The molecule has 0 atom stereocenters. The van der Waals surface area contributed by atoms with Crippen molar-refractivity contribution in [2.45, 2.75) is 33.1 Å². The van der Waals surface area contributed by atoms with Crippen LogP contribution in [0.2, 0.25) is 0 Å². The molecule has 0 fully saturated rings. The summed E-state index contributed by atoms with van der Waals surface area (Å²) in [6.45, 7) is 6.52. The van der Waals surface area contributed by atoms with E-state index in [1.807, 2.05) is 24.4 Å². The number of nitrogens with zero attached hydrogens (tertiary/aromatic N) is 2. The Labute approximate surface area is 189 Å². The van der Waals surface area contributed by atoms with Gasteiger partial charge in [-0.15, -0.1) is 35.3 Å². The number of thiazole rings is 1. The molecule has 156 valence electrons. The minimum Gasteiger partial charge on any atom is -0.497 e. The van der Waals surface area contributed by atoms with Crippen molar-refractivity contribution in [3.63, 3.8) is 0 Å². The number of ether oxygens (including phenoxy) is 2. The molecule has 6 nitrogen and oxygen atoms in total. The smallest absolute Gasteiger partial charge is 0.191 e. The van der Waals surface area contributed by atoms with Crippen molar-refractivity contribution in [1.29, 1.82) is 0 Å². The molecule has 0 radical (unpaired) electrons. The van der Waals surface area contributed by atoms with E-state index in [4.69, 9.17) is 9.47 Å². The van der Waals surface area contributed by atoms with Gasteiger partial charge in [0, 0.05) is 37.1 Å². The highest BCUT2D eigenvalue weighted by Gasteiger charge is 2.06. The van der Waals surface area contributed by atoms with Gasteiger partial charge in [-0.25, -0.2) is 4.98 Å². The van der Waals surface area contributed by atoms with Crippen molar-refractivity contribution in [3.8, 4) is 11.5 Å². The van der Waals surface area contributed by atoms with Crippen LogP contribution in [0.5, 0.6) is 11.5 Å². The number of benzene rings is 1. The second-order valence-corrected chi connectivity index (χ2v) is 7.14. The highest BCUT2D eigenvalue weighted by Crippen LogP contribution is 2.24. The number of methoxy groups -OCH3 is 2. The lowest BCUT2D eigenvalue weighted by Crippen LogP contribution is -2.38. The van der Waals surface area contributed by atoms with Crippen molar-refractivity contribution in [1.82, 2.24) is 15.6 Å². The molecule has 0 aliphatic carbocycles. The molecule has 0 aliphatic heterocycles. The van der Waals surface area contributed by atoms with E-state index in [1.165, 1.54) is 4.88 Å². The molecule has 28 heavy (non-hydrogen) atoms. The van der Waals surface area contributed by atoms with E-state index in [0.717, 1.165) is 60.4 Å². The predicted octanol–water partition coefficient (Wildman–Crippen LogP) is 3.68. The standard InChI is InChI=1S/C20H30N4O2S.HI/c1-5-17-14-24-19(27-17)10-12-23-20(21-6-2)22-11-9-15-13-16(25-3)7-8-18(15)26-4;/h7-8,13-14H,5-6,9-12H2,1-4H3,(H2,21,22,23);1H. The fourth-order valence-electron chi connectivity index (χ4n) is 2.63. The Hall–Kier alpha value is -1.55. The maximum absolute atomic E-state index is 5.44. The van der Waals surface area contributed by atoms with Crippen LogP contribution >= 0.6 is 35.3 Å². The predicted molar refractivity (Wildman–Crippen MR) is 128 cm³/mol. The number of nitrogens with one attached hydrogen (secondary N) is 2. The van der Waals surface area contributed by atoms with Crippen LogP contribution in [-0.2, 0) is 19.3 Å². The summed E-state index contributed by atoms with van der Waals surface area (Å²) >= 11 is 1.77. The van der Waals surface area contributed by atoms with Crippen LogP contribution in [0, 0.1) is 0 Å². The summed E-state index contributed by atoms with van der Waals surface area (Å²) < 4.78 is 10.7. The number of halogens is 1. The van der Waals surface area contributed by atoms with Crippen LogP contribution in [0.25, 0.3) is 0 Å². The summed E-state index contributed by atoms with van der Waals surface area (Å²) in [6, 6.07) is 5.86. The summed E-state index contributed by atoms with van der Waals surface area (Å²) in [7, 11) is 3.36. The molecule has 8 heteroatoms. The zero-order valence-electron chi connectivity index (χ0n) is 17.1. The minimum absolute atomic E-state index is 0. The van der Waals surface area contributed by atoms with Gasteiger partial charge in [0.15, 0.2) is 5.96 Å². The van der Waals surface area contributed by atoms with Crippen molar-refractivity contribution in [2.75, 3.05) is 33.9 Å². The first-order valence-electron chi connectivity index (χ1n) is 9.36. The summed E-state index contributed by atoms with van der Waals surface area (Å²) in [5.41, 5.74) is 1.11. The number of aliphatic imine (C=N–C) groups is 1. The van der Waals surface area contributed by atoms with E-state index in [1.54, 1.807) is 25.6 Å². The molecule has 0 saturated carbocycles. The van der Waals surface area contributed by atoms with Gasteiger partial charge in [-0.3, -0.25) is 4.99 Å². The van der Waals surface area contributed by atoms with Crippen LogP contribution < -0.4 is 20.1 Å². The van der Waals surface area contributed by atoms with E-state index < -0.39 is 0 Å². The molecule has 1 aromatic heterocycles. The van der Waals surface area contributed by atoms with Crippen LogP contribution in [-0.4, -0.2) is 44.8 Å². The molecule has 1 aromatic carbocycles. The Balaban J connectivity index is 0.00000392. The van der Waals surface area contributed by atoms with Crippen LogP contribution in [0.4, 0.5) is 0 Å². The molecule has 0 aliphatic rings. The van der Waals surface area contributed by atoms with Gasteiger partial charge >= 0.3 is 0 Å². The van der Waals surface area contributed by atoms with Crippen molar-refractivity contribution >= 4 is 41.3 Å². The first-order chi connectivity index (χ1) is 13.2. The Morgan fingerprint density at radius 2 is 1.96 bits per heavy atom. The minimum atomic E-state index is 0. The van der Waals surface area contributed by atoms with E-state index >= 15 is 0 Å². The van der Waals surface area contributed by atoms with E-state index in [9.17, 15) is 0 Å². The molecular weight excluding hydrogens is 487 g/mol. The zero-order valence-corrected chi connectivity index (χ0v) is 20.2. The first kappa shape index (κ1) is 24.5. The summed E-state index contributed by atoms with van der Waals surface area (Å²) in [4.78, 5) is 10.4. The van der Waals surface area contributed by atoms with E-state index in [0.29, 0.717) is 6.54 Å². The largest absolute Gasteiger partial charge is 0.497 e. The third-order valence-corrected chi connectivity index (χ3v) is 5.27. The van der Waals surface area contributed by atoms with Crippen molar-refractivity contribution < 1.29 is 9.47 Å². The lowest BCUT2D eigenvalue weighted by Gasteiger charge is -2.13. The molecule has 2 rings (SSSR count). The topological polar surface area (TPSA) is 67.8 Å². The maximum atomic E-state index is 5.44. The normalized spacial score (nSPS) is 10.9. The van der Waals surface area contributed by atoms with Crippen molar-refractivity contribution in [2.24, 2.45) is 4.99 Å². The Kier molecular flexibility index (Phi) is 11.9. The highest BCUT2D eigenvalue weighted by molar-refractivity contribution is 14.0. The fourth-order valence-corrected chi connectivity index (χ4v) is 3.48. The second kappa shape index (κ2) is 13.6. The third-order valence-electron chi connectivity index (χ3n) is 4.06. The van der Waals surface area contributed by atoms with Gasteiger partial charge in [-0.05, 0) is 43.5 Å². The average molecular weight is 518 g/mol. The summed E-state index contributed by atoms with van der Waals surface area (Å²) in [6.07, 6.45) is 4.69. The van der Waals surface area contributed by atoms with Gasteiger partial charge in [0.05, 0.1) is 19.2 Å². The van der Waals surface area contributed by atoms with Crippen LogP contribution in [0.1, 0.15) is 29.3 Å². The van der Waals surface area contributed by atoms with Gasteiger partial charge in [0.1, 0.15) is 11.5 Å². The molecule has 0 spiro atoms. The monoisotopic (exact) mass is 518 g/mol. The summed E-state index contributed by atoms with van der Waals surface area (Å²) in [5.74, 6) is 2.53. The lowest BCUT2D eigenvalue weighted by atomic mass is 10.1. The van der Waals surface area contributed by atoms with E-state index in [2.05, 4.69) is 34.5 Å². The van der Waals surface area contributed by atoms with Gasteiger partial charge in [-0.2, -0.15) is 0 Å². The number of guanidine groups is 1. The number of aryl methyl sites for hydroxylation is 1. The Bertz CT molecular complexity index is 737. The number of hydrogen-bond acceptors (Lipinski definition) is 5. The Morgan fingerprint density at radius 3 is 2.61 bits per heavy atom. The molecule has 1 heterocycles. The van der Waals surface area contributed by atoms with Crippen molar-refractivity contribution in [3.05, 3.63) is 39.8 Å². The quantitative estimate of drug-likeness (QED) is 0.286. The SMILES string of the molecule is CCNC(=NCCc1ncc(CC)s1)NCCc1cc(OC)ccc1OC.I. The molecule has 0 amide bonds. The molecule has 0 bridgehead atoms. The Morgan fingerprint density at radius 1 is 1.14 bits per heavy atom. The number of aromatic nitrogens is 1. The average Bonchev–Trinajstić information content (AvgIpc) is 3.16. The summed E-state index contributed by atoms with van der Waals surface area (Å²) in [5, 5.41) is 7.82. The number of rotatable bonds is 10.